The van der Waals surface area contributed by atoms with Crippen LogP contribution in [0.25, 0.3) is 33.1 Å². The monoisotopic (exact) mass is 482 g/mol. The van der Waals surface area contributed by atoms with Gasteiger partial charge in [-0.25, -0.2) is 4.98 Å². The van der Waals surface area contributed by atoms with Crippen LogP contribution >= 0.6 is 0 Å². The first-order chi connectivity index (χ1) is 18.2. The lowest BCUT2D eigenvalue weighted by Crippen LogP contribution is -2.22. The van der Waals surface area contributed by atoms with Gasteiger partial charge in [-0.1, -0.05) is 78.9 Å². The summed E-state index contributed by atoms with van der Waals surface area (Å²) in [6.45, 7) is 1.76. The number of aryl methyl sites for hydroxylation is 1. The molecule has 7 nitrogen and oxygen atoms in total. The van der Waals surface area contributed by atoms with E-state index in [1.54, 1.807) is 13.0 Å². The van der Waals surface area contributed by atoms with Crippen LogP contribution in [0.3, 0.4) is 0 Å². The number of hydrogen-bond donors (Lipinski definition) is 1. The van der Waals surface area contributed by atoms with Gasteiger partial charge in [0, 0.05) is 10.9 Å². The van der Waals surface area contributed by atoms with E-state index in [9.17, 15) is 4.79 Å². The zero-order chi connectivity index (χ0) is 25.2. The van der Waals surface area contributed by atoms with Crippen LogP contribution in [0.2, 0.25) is 0 Å². The van der Waals surface area contributed by atoms with Crippen molar-refractivity contribution in [2.75, 3.05) is 0 Å². The summed E-state index contributed by atoms with van der Waals surface area (Å²) < 4.78 is 1.30. The molecule has 178 valence electrons. The number of fused-ring (bicyclic) bond motifs is 2. The van der Waals surface area contributed by atoms with Gasteiger partial charge in [0.25, 0.3) is 5.56 Å². The summed E-state index contributed by atoms with van der Waals surface area (Å²) in [5.41, 5.74) is 4.53. The molecule has 0 bridgehead atoms. The van der Waals surface area contributed by atoms with Gasteiger partial charge in [-0.2, -0.15) is 4.68 Å². The predicted molar refractivity (Wildman–Crippen MR) is 147 cm³/mol. The molecule has 0 saturated carbocycles. The first-order valence-corrected chi connectivity index (χ1v) is 11.9. The molecule has 0 atom stereocenters. The Morgan fingerprint density at radius 2 is 1.43 bits per heavy atom. The zero-order valence-electron chi connectivity index (χ0n) is 20.0. The van der Waals surface area contributed by atoms with Gasteiger partial charge < -0.3 is 4.98 Å². The molecule has 4 aromatic carbocycles. The highest BCUT2D eigenvalue weighted by Gasteiger charge is 2.20. The Kier molecular flexibility index (Phi) is 5.71. The van der Waals surface area contributed by atoms with Crippen molar-refractivity contribution in [3.63, 3.8) is 0 Å². The van der Waals surface area contributed by atoms with E-state index in [-0.39, 0.29) is 5.56 Å². The van der Waals surface area contributed by atoms with Gasteiger partial charge in [0.2, 0.25) is 5.84 Å². The Labute approximate surface area is 212 Å². The molecule has 0 spiro atoms. The number of nitrogens with one attached hydrogen (secondary N) is 1. The Morgan fingerprint density at radius 3 is 2.22 bits per heavy atom. The Hall–Kier alpha value is -5.17. The number of hydrogen-bond acceptors (Lipinski definition) is 4. The molecular weight excluding hydrogens is 460 g/mol. The van der Waals surface area contributed by atoms with Crippen molar-refractivity contribution in [3.8, 4) is 11.3 Å². The maximum absolute atomic E-state index is 13.5. The van der Waals surface area contributed by atoms with Gasteiger partial charge in [-0.3, -0.25) is 4.79 Å². The van der Waals surface area contributed by atoms with Crippen LogP contribution in [0.15, 0.2) is 129 Å². The van der Waals surface area contributed by atoms with Gasteiger partial charge in [0.1, 0.15) is 5.82 Å². The number of H-pyrrole nitrogens is 1. The van der Waals surface area contributed by atoms with Gasteiger partial charge in [0.05, 0.1) is 27.8 Å². The van der Waals surface area contributed by atoms with E-state index in [0.717, 1.165) is 27.7 Å². The van der Waals surface area contributed by atoms with Crippen LogP contribution in [-0.4, -0.2) is 20.5 Å². The highest BCUT2D eigenvalue weighted by atomic mass is 16.1. The third-order valence-corrected chi connectivity index (χ3v) is 6.12. The number of rotatable bonds is 4. The molecule has 0 fully saturated rings. The van der Waals surface area contributed by atoms with Crippen molar-refractivity contribution < 1.29 is 0 Å². The fourth-order valence-corrected chi connectivity index (χ4v) is 4.36. The number of benzene rings is 4. The SMILES string of the molecule is Cc1nc2ccccc2c(=O)n1/N=C(\N=Nc1ccccc1)c1c(-c2ccccc2)[nH]c2ccccc12. The fourth-order valence-electron chi connectivity index (χ4n) is 4.36. The molecule has 37 heavy (non-hydrogen) atoms. The van der Waals surface area contributed by atoms with Crippen LogP contribution < -0.4 is 5.56 Å². The Morgan fingerprint density at radius 1 is 0.784 bits per heavy atom. The molecule has 0 saturated heterocycles. The summed E-state index contributed by atoms with van der Waals surface area (Å²) in [7, 11) is 0. The normalized spacial score (nSPS) is 12.1. The number of aromatic amines is 1. The highest BCUT2D eigenvalue weighted by Crippen LogP contribution is 2.32. The van der Waals surface area contributed by atoms with E-state index < -0.39 is 0 Å². The third kappa shape index (κ3) is 4.23. The first kappa shape index (κ1) is 22.3. The summed E-state index contributed by atoms with van der Waals surface area (Å²) in [6.07, 6.45) is 0. The van der Waals surface area contributed by atoms with Crippen molar-refractivity contribution >= 4 is 33.3 Å². The van der Waals surface area contributed by atoms with E-state index in [1.807, 2.05) is 103 Å². The van der Waals surface area contributed by atoms with E-state index in [4.69, 9.17) is 5.10 Å². The van der Waals surface area contributed by atoms with Gasteiger partial charge in [-0.05, 0) is 42.8 Å². The Bertz CT molecular complexity index is 1850. The van der Waals surface area contributed by atoms with Crippen LogP contribution in [0, 0.1) is 6.92 Å². The summed E-state index contributed by atoms with van der Waals surface area (Å²) >= 11 is 0. The lowest BCUT2D eigenvalue weighted by atomic mass is 10.0. The predicted octanol–water partition coefficient (Wildman–Crippen LogP) is 6.85. The lowest BCUT2D eigenvalue weighted by Gasteiger charge is -2.09. The second-order valence-electron chi connectivity index (χ2n) is 8.54. The zero-order valence-corrected chi connectivity index (χ0v) is 20.0. The molecule has 0 aliphatic rings. The number of azo groups is 1. The standard InChI is InChI=1S/C30H22N6O/c1-20-31-26-19-11-9-17-24(26)30(37)36(20)35-29(34-33-22-14-6-3-7-15-22)27-23-16-8-10-18-25(23)32-28(27)21-12-4-2-5-13-21/h2-19,32H,1H3/b34-33?,35-29-. The molecular formula is C30H22N6O. The molecule has 6 rings (SSSR count). The molecule has 0 radical (unpaired) electrons. The van der Waals surface area contributed by atoms with Gasteiger partial charge >= 0.3 is 0 Å². The molecule has 2 heterocycles. The molecule has 6 aromatic rings. The van der Waals surface area contributed by atoms with Crippen molar-refractivity contribution in [1.82, 2.24) is 14.6 Å². The minimum absolute atomic E-state index is 0.267. The molecule has 2 aromatic heterocycles. The van der Waals surface area contributed by atoms with E-state index in [1.165, 1.54) is 4.68 Å². The van der Waals surface area contributed by atoms with E-state index in [0.29, 0.717) is 28.3 Å². The summed E-state index contributed by atoms with van der Waals surface area (Å²) in [4.78, 5) is 21.6. The fraction of sp³-hybridized carbons (Fsp3) is 0.0333. The summed E-state index contributed by atoms with van der Waals surface area (Å²) in [5.74, 6) is 0.750. The second kappa shape index (κ2) is 9.47. The van der Waals surface area contributed by atoms with Crippen molar-refractivity contribution in [2.24, 2.45) is 15.3 Å². The summed E-state index contributed by atoms with van der Waals surface area (Å²) in [5, 5.41) is 15.3. The van der Waals surface area contributed by atoms with Crippen molar-refractivity contribution in [3.05, 3.63) is 131 Å². The smallest absolute Gasteiger partial charge is 0.282 e. The van der Waals surface area contributed by atoms with Crippen LogP contribution in [0.1, 0.15) is 11.4 Å². The quantitative estimate of drug-likeness (QED) is 0.169. The van der Waals surface area contributed by atoms with Crippen molar-refractivity contribution in [2.45, 2.75) is 6.92 Å². The van der Waals surface area contributed by atoms with Gasteiger partial charge in [-0.15, -0.1) is 15.3 Å². The lowest BCUT2D eigenvalue weighted by molar-refractivity contribution is 0.764. The van der Waals surface area contributed by atoms with Crippen LogP contribution in [0.5, 0.6) is 0 Å². The number of nitrogens with zero attached hydrogens (tertiary/aromatic N) is 5. The average Bonchev–Trinajstić information content (AvgIpc) is 3.33. The minimum atomic E-state index is -0.267. The molecule has 0 unspecified atom stereocenters. The van der Waals surface area contributed by atoms with Crippen LogP contribution in [-0.2, 0) is 0 Å². The molecule has 0 aliphatic carbocycles. The molecule has 0 aliphatic heterocycles. The number of aromatic nitrogens is 3. The average molecular weight is 483 g/mol. The molecule has 1 N–H and O–H groups in total. The summed E-state index contributed by atoms with van der Waals surface area (Å²) in [6, 6.07) is 34.6. The second-order valence-corrected chi connectivity index (χ2v) is 8.54. The maximum Gasteiger partial charge on any atom is 0.282 e. The molecule has 7 heteroatoms. The minimum Gasteiger partial charge on any atom is -0.354 e. The molecule has 0 amide bonds. The third-order valence-electron chi connectivity index (χ3n) is 6.12. The Balaban J connectivity index is 1.65. The van der Waals surface area contributed by atoms with Gasteiger partial charge in [0.15, 0.2) is 0 Å². The number of para-hydroxylation sites is 2. The van der Waals surface area contributed by atoms with E-state index in [2.05, 4.69) is 20.2 Å². The van der Waals surface area contributed by atoms with Crippen molar-refractivity contribution in [1.29, 1.82) is 0 Å². The highest BCUT2D eigenvalue weighted by molar-refractivity contribution is 6.15. The first-order valence-electron chi connectivity index (χ1n) is 11.9. The topological polar surface area (TPSA) is 87.8 Å². The van der Waals surface area contributed by atoms with Crippen LogP contribution in [0.4, 0.5) is 5.69 Å². The number of amidine groups is 1. The van der Waals surface area contributed by atoms with E-state index >= 15 is 0 Å². The largest absolute Gasteiger partial charge is 0.354 e. The maximum atomic E-state index is 13.5.